The standard InChI is InChI=1S/C16H11BrClF5N2O/c17-10-3-1-9(2-4-10)13(26)25-14(15(19,20)16(21,22)23)24-12-7-5-11(18)6-8-12/h1-8,14,24H,(H,25,26). The third kappa shape index (κ3) is 4.85. The van der Waals surface area contributed by atoms with Crippen molar-refractivity contribution < 1.29 is 26.7 Å². The van der Waals surface area contributed by atoms with Gasteiger partial charge in [0.05, 0.1) is 0 Å². The molecule has 2 rings (SSSR count). The Hall–Kier alpha value is -1.87. The molecule has 0 saturated carbocycles. The van der Waals surface area contributed by atoms with E-state index in [0.29, 0.717) is 4.47 Å². The van der Waals surface area contributed by atoms with Gasteiger partial charge in [0.1, 0.15) is 0 Å². The normalized spacial score (nSPS) is 13.2. The van der Waals surface area contributed by atoms with E-state index in [2.05, 4.69) is 15.9 Å². The second-order valence-electron chi connectivity index (χ2n) is 5.19. The van der Waals surface area contributed by atoms with Gasteiger partial charge in [0.2, 0.25) is 0 Å². The van der Waals surface area contributed by atoms with Gasteiger partial charge in [-0.15, -0.1) is 0 Å². The lowest BCUT2D eigenvalue weighted by molar-refractivity contribution is -0.289. The van der Waals surface area contributed by atoms with Crippen molar-refractivity contribution in [2.45, 2.75) is 18.3 Å². The van der Waals surface area contributed by atoms with Crippen LogP contribution >= 0.6 is 27.5 Å². The van der Waals surface area contributed by atoms with Gasteiger partial charge in [-0.25, -0.2) is 0 Å². The molecular formula is C16H11BrClF5N2O. The third-order valence-corrected chi connectivity index (χ3v) is 4.06. The van der Waals surface area contributed by atoms with E-state index < -0.39 is 24.2 Å². The maximum absolute atomic E-state index is 13.9. The van der Waals surface area contributed by atoms with Crippen molar-refractivity contribution >= 4 is 39.1 Å². The lowest BCUT2D eigenvalue weighted by Crippen LogP contribution is -2.59. The summed E-state index contributed by atoms with van der Waals surface area (Å²) in [5.41, 5.74) is -0.145. The summed E-state index contributed by atoms with van der Waals surface area (Å²) in [4.78, 5) is 12.1. The average molecular weight is 458 g/mol. The predicted octanol–water partition coefficient (Wildman–Crippen LogP) is 5.47. The molecule has 2 N–H and O–H groups in total. The number of carbonyl (C=O) groups excluding carboxylic acids is 1. The average Bonchev–Trinajstić information content (AvgIpc) is 2.55. The molecule has 3 nitrogen and oxygen atoms in total. The molecule has 140 valence electrons. The Morgan fingerprint density at radius 3 is 2.00 bits per heavy atom. The van der Waals surface area contributed by atoms with Gasteiger partial charge in [0, 0.05) is 20.7 Å². The molecule has 0 aliphatic carbocycles. The molecular weight excluding hydrogens is 447 g/mol. The SMILES string of the molecule is O=C(NC(Nc1ccc(Cl)cc1)C(F)(F)C(F)(F)F)c1ccc(Br)cc1. The van der Waals surface area contributed by atoms with Crippen LogP contribution in [0, 0.1) is 0 Å². The first-order valence-corrected chi connectivity index (χ1v) is 8.21. The Morgan fingerprint density at radius 1 is 0.962 bits per heavy atom. The van der Waals surface area contributed by atoms with E-state index in [4.69, 9.17) is 11.6 Å². The van der Waals surface area contributed by atoms with E-state index in [1.807, 2.05) is 5.32 Å². The van der Waals surface area contributed by atoms with E-state index in [1.54, 1.807) is 5.32 Å². The summed E-state index contributed by atoms with van der Waals surface area (Å²) >= 11 is 8.79. The van der Waals surface area contributed by atoms with Gasteiger partial charge in [-0.2, -0.15) is 22.0 Å². The van der Waals surface area contributed by atoms with Gasteiger partial charge in [-0.1, -0.05) is 27.5 Å². The Balaban J connectivity index is 2.29. The fourth-order valence-corrected chi connectivity index (χ4v) is 2.30. The number of hydrogen-bond acceptors (Lipinski definition) is 2. The summed E-state index contributed by atoms with van der Waals surface area (Å²) in [6.07, 6.45) is -8.59. The van der Waals surface area contributed by atoms with Crippen molar-refractivity contribution in [2.75, 3.05) is 5.32 Å². The van der Waals surface area contributed by atoms with Crippen molar-refractivity contribution in [3.8, 4) is 0 Å². The van der Waals surface area contributed by atoms with E-state index in [-0.39, 0.29) is 16.3 Å². The minimum atomic E-state index is -5.87. The Morgan fingerprint density at radius 2 is 1.50 bits per heavy atom. The van der Waals surface area contributed by atoms with E-state index in [1.165, 1.54) is 48.5 Å². The number of rotatable bonds is 5. The highest BCUT2D eigenvalue weighted by molar-refractivity contribution is 9.10. The largest absolute Gasteiger partial charge is 0.457 e. The summed E-state index contributed by atoms with van der Waals surface area (Å²) in [6, 6.07) is 10.5. The van der Waals surface area contributed by atoms with E-state index in [9.17, 15) is 26.7 Å². The quantitative estimate of drug-likeness (QED) is 0.462. The Kier molecular flexibility index (Phi) is 6.13. The predicted molar refractivity (Wildman–Crippen MR) is 91.5 cm³/mol. The molecule has 2 aromatic rings. The minimum Gasteiger partial charge on any atom is -0.360 e. The number of benzene rings is 2. The van der Waals surface area contributed by atoms with Gasteiger partial charge in [0.25, 0.3) is 5.91 Å². The van der Waals surface area contributed by atoms with E-state index >= 15 is 0 Å². The summed E-state index contributed by atoms with van der Waals surface area (Å²) in [5.74, 6) is -6.31. The molecule has 0 aromatic heterocycles. The van der Waals surface area contributed by atoms with Crippen molar-refractivity contribution in [1.29, 1.82) is 0 Å². The van der Waals surface area contributed by atoms with Gasteiger partial charge in [-0.3, -0.25) is 4.79 Å². The van der Waals surface area contributed by atoms with E-state index in [0.717, 1.165) is 0 Å². The number of halogens is 7. The van der Waals surface area contributed by atoms with Crippen LogP contribution in [0.4, 0.5) is 27.6 Å². The summed E-state index contributed by atoms with van der Waals surface area (Å²) in [6.45, 7) is 0. The number of alkyl halides is 5. The summed E-state index contributed by atoms with van der Waals surface area (Å²) in [5, 5.41) is 3.96. The third-order valence-electron chi connectivity index (χ3n) is 3.28. The number of hydrogen-bond donors (Lipinski definition) is 2. The Bertz CT molecular complexity index is 766. The highest BCUT2D eigenvalue weighted by Crippen LogP contribution is 2.38. The van der Waals surface area contributed by atoms with Crippen molar-refractivity contribution in [3.63, 3.8) is 0 Å². The second-order valence-corrected chi connectivity index (χ2v) is 6.54. The zero-order chi connectivity index (χ0) is 19.5. The van der Waals surface area contributed by atoms with Crippen LogP contribution < -0.4 is 10.6 Å². The highest BCUT2D eigenvalue weighted by atomic mass is 79.9. The monoisotopic (exact) mass is 456 g/mol. The molecule has 1 unspecified atom stereocenters. The maximum Gasteiger partial charge on any atom is 0.457 e. The lowest BCUT2D eigenvalue weighted by atomic mass is 10.1. The van der Waals surface area contributed by atoms with Crippen LogP contribution in [0.1, 0.15) is 10.4 Å². The molecule has 26 heavy (non-hydrogen) atoms. The van der Waals surface area contributed by atoms with Crippen LogP contribution in [0.2, 0.25) is 5.02 Å². The fourth-order valence-electron chi connectivity index (χ4n) is 1.91. The fraction of sp³-hybridized carbons (Fsp3) is 0.188. The topological polar surface area (TPSA) is 41.1 Å². The molecule has 0 spiro atoms. The van der Waals surface area contributed by atoms with Crippen molar-refractivity contribution in [1.82, 2.24) is 5.32 Å². The smallest absolute Gasteiger partial charge is 0.360 e. The first-order valence-electron chi connectivity index (χ1n) is 7.04. The molecule has 0 fully saturated rings. The minimum absolute atomic E-state index is 0.0700. The molecule has 0 aliphatic heterocycles. The molecule has 0 aliphatic rings. The van der Waals surface area contributed by atoms with Crippen LogP contribution in [0.15, 0.2) is 53.0 Å². The van der Waals surface area contributed by atoms with Crippen molar-refractivity contribution in [3.05, 3.63) is 63.6 Å². The van der Waals surface area contributed by atoms with Gasteiger partial charge < -0.3 is 10.6 Å². The molecule has 10 heteroatoms. The molecule has 0 bridgehead atoms. The van der Waals surface area contributed by atoms with Crippen LogP contribution in [0.25, 0.3) is 0 Å². The number of anilines is 1. The molecule has 1 atom stereocenters. The van der Waals surface area contributed by atoms with Crippen LogP contribution in [-0.2, 0) is 0 Å². The number of nitrogens with one attached hydrogen (secondary N) is 2. The lowest BCUT2D eigenvalue weighted by Gasteiger charge is -2.30. The molecule has 0 saturated heterocycles. The zero-order valence-corrected chi connectivity index (χ0v) is 15.1. The molecule has 0 radical (unpaired) electrons. The van der Waals surface area contributed by atoms with Gasteiger partial charge >= 0.3 is 12.1 Å². The van der Waals surface area contributed by atoms with Gasteiger partial charge in [0.15, 0.2) is 6.17 Å². The maximum atomic E-state index is 13.9. The van der Waals surface area contributed by atoms with Crippen LogP contribution in [0.5, 0.6) is 0 Å². The molecule has 1 amide bonds. The highest BCUT2D eigenvalue weighted by Gasteiger charge is 2.63. The zero-order valence-electron chi connectivity index (χ0n) is 12.8. The van der Waals surface area contributed by atoms with Crippen LogP contribution in [0.3, 0.4) is 0 Å². The van der Waals surface area contributed by atoms with Gasteiger partial charge in [-0.05, 0) is 48.5 Å². The second kappa shape index (κ2) is 7.79. The first-order chi connectivity index (χ1) is 12.0. The number of carbonyl (C=O) groups is 1. The molecule has 2 aromatic carbocycles. The summed E-state index contributed by atoms with van der Waals surface area (Å²) in [7, 11) is 0. The Labute approximate surface area is 158 Å². The van der Waals surface area contributed by atoms with Crippen LogP contribution in [-0.4, -0.2) is 24.2 Å². The number of amides is 1. The first kappa shape index (κ1) is 20.4. The summed E-state index contributed by atoms with van der Waals surface area (Å²) < 4.78 is 66.7. The molecule has 0 heterocycles. The van der Waals surface area contributed by atoms with Crippen molar-refractivity contribution in [2.24, 2.45) is 0 Å².